The number of hydrogen-bond acceptors (Lipinski definition) is 5. The van der Waals surface area contributed by atoms with Gasteiger partial charge in [-0.2, -0.15) is 10.4 Å². The van der Waals surface area contributed by atoms with Crippen molar-refractivity contribution in [3.63, 3.8) is 0 Å². The van der Waals surface area contributed by atoms with Crippen molar-refractivity contribution < 1.29 is 0 Å². The molecule has 7 heteroatoms. The van der Waals surface area contributed by atoms with E-state index in [1.807, 2.05) is 12.4 Å². The molecule has 2 saturated heterocycles. The van der Waals surface area contributed by atoms with Gasteiger partial charge in [-0.1, -0.05) is 0 Å². The van der Waals surface area contributed by atoms with Gasteiger partial charge in [0.15, 0.2) is 11.5 Å². The number of nitriles is 1. The standard InChI is InChI=1S/C15H15BrN6/c16-10-8-20-21(9-10)13-5-11-1-2-12(6-13)22(11)15-14(7-17)18-3-4-19-15/h3-4,8-9,11-13H,1-2,5-6H2. The summed E-state index contributed by atoms with van der Waals surface area (Å²) >= 11 is 3.46. The Morgan fingerprint density at radius 2 is 1.86 bits per heavy atom. The molecule has 22 heavy (non-hydrogen) atoms. The van der Waals surface area contributed by atoms with Crippen LogP contribution in [-0.4, -0.2) is 31.8 Å². The van der Waals surface area contributed by atoms with Crippen molar-refractivity contribution in [1.82, 2.24) is 19.7 Å². The molecule has 2 fully saturated rings. The zero-order valence-electron chi connectivity index (χ0n) is 11.9. The van der Waals surface area contributed by atoms with Gasteiger partial charge in [0.1, 0.15) is 6.07 Å². The summed E-state index contributed by atoms with van der Waals surface area (Å²) in [5.41, 5.74) is 0.430. The zero-order chi connectivity index (χ0) is 15.1. The average molecular weight is 359 g/mol. The van der Waals surface area contributed by atoms with Gasteiger partial charge in [0.25, 0.3) is 0 Å². The Morgan fingerprint density at radius 1 is 1.14 bits per heavy atom. The maximum absolute atomic E-state index is 9.28. The Morgan fingerprint density at radius 3 is 2.50 bits per heavy atom. The van der Waals surface area contributed by atoms with Gasteiger partial charge in [0.2, 0.25) is 0 Å². The summed E-state index contributed by atoms with van der Waals surface area (Å²) in [5.74, 6) is 0.748. The van der Waals surface area contributed by atoms with Crippen LogP contribution in [0.15, 0.2) is 29.3 Å². The van der Waals surface area contributed by atoms with E-state index in [2.05, 4.69) is 46.6 Å². The van der Waals surface area contributed by atoms with Gasteiger partial charge in [-0.25, -0.2) is 9.97 Å². The van der Waals surface area contributed by atoms with E-state index in [1.54, 1.807) is 12.4 Å². The molecule has 2 aromatic rings. The van der Waals surface area contributed by atoms with Crippen LogP contribution in [0.3, 0.4) is 0 Å². The minimum atomic E-state index is 0.413. The molecule has 2 aliphatic rings. The predicted octanol–water partition coefficient (Wildman–Crippen LogP) is 2.68. The Kier molecular flexibility index (Phi) is 3.34. The van der Waals surface area contributed by atoms with E-state index in [0.717, 1.165) is 36.0 Å². The summed E-state index contributed by atoms with van der Waals surface area (Å²) in [7, 11) is 0. The van der Waals surface area contributed by atoms with Crippen molar-refractivity contribution in [1.29, 1.82) is 5.26 Å². The third-order valence-electron chi connectivity index (χ3n) is 4.68. The number of hydrogen-bond donors (Lipinski definition) is 0. The molecule has 6 nitrogen and oxygen atoms in total. The largest absolute Gasteiger partial charge is 0.348 e. The second-order valence-corrected chi connectivity index (χ2v) is 6.81. The first kappa shape index (κ1) is 13.7. The molecule has 4 rings (SSSR count). The van der Waals surface area contributed by atoms with Crippen LogP contribution >= 0.6 is 15.9 Å². The van der Waals surface area contributed by atoms with Gasteiger partial charge < -0.3 is 4.90 Å². The fourth-order valence-corrected chi connectivity index (χ4v) is 4.12. The molecule has 0 aliphatic carbocycles. The van der Waals surface area contributed by atoms with E-state index in [1.165, 1.54) is 0 Å². The van der Waals surface area contributed by atoms with E-state index in [-0.39, 0.29) is 0 Å². The highest BCUT2D eigenvalue weighted by Crippen LogP contribution is 2.43. The number of rotatable bonds is 2. The lowest BCUT2D eigenvalue weighted by molar-refractivity contribution is 0.313. The number of halogens is 1. The molecule has 2 atom stereocenters. The lowest BCUT2D eigenvalue weighted by Gasteiger charge is -2.39. The van der Waals surface area contributed by atoms with Crippen molar-refractivity contribution in [3.8, 4) is 6.07 Å². The van der Waals surface area contributed by atoms with Crippen LogP contribution in [0, 0.1) is 11.3 Å². The number of piperidine rings is 1. The molecule has 0 radical (unpaired) electrons. The minimum absolute atomic E-state index is 0.413. The van der Waals surface area contributed by atoms with Gasteiger partial charge >= 0.3 is 0 Å². The molecule has 0 N–H and O–H groups in total. The highest BCUT2D eigenvalue weighted by Gasteiger charge is 2.43. The molecule has 0 amide bonds. The van der Waals surface area contributed by atoms with Crippen molar-refractivity contribution in [2.24, 2.45) is 0 Å². The molecule has 0 saturated carbocycles. The number of nitrogens with zero attached hydrogens (tertiary/aromatic N) is 6. The third kappa shape index (κ3) is 2.18. The van der Waals surface area contributed by atoms with Crippen molar-refractivity contribution in [3.05, 3.63) is 35.0 Å². The molecule has 0 aromatic carbocycles. The lowest BCUT2D eigenvalue weighted by Crippen LogP contribution is -2.44. The topological polar surface area (TPSA) is 70.6 Å². The number of fused-ring (bicyclic) bond motifs is 2. The molecule has 2 bridgehead atoms. The maximum Gasteiger partial charge on any atom is 0.183 e. The summed E-state index contributed by atoms with van der Waals surface area (Å²) in [6, 6.07) is 3.41. The fourth-order valence-electron chi connectivity index (χ4n) is 3.82. The van der Waals surface area contributed by atoms with Gasteiger partial charge in [-0.3, -0.25) is 4.68 Å². The highest BCUT2D eigenvalue weighted by molar-refractivity contribution is 9.10. The predicted molar refractivity (Wildman–Crippen MR) is 84.2 cm³/mol. The molecular formula is C15H15BrN6. The molecule has 2 aliphatic heterocycles. The summed E-state index contributed by atoms with van der Waals surface area (Å²) < 4.78 is 3.08. The van der Waals surface area contributed by atoms with Gasteiger partial charge in [-0.05, 0) is 41.6 Å². The first-order valence-corrected chi connectivity index (χ1v) is 8.24. The smallest absolute Gasteiger partial charge is 0.183 e. The van der Waals surface area contributed by atoms with Crippen molar-refractivity contribution in [2.45, 2.75) is 43.8 Å². The Balaban J connectivity index is 1.63. The molecule has 4 heterocycles. The van der Waals surface area contributed by atoms with Crippen LogP contribution in [0.5, 0.6) is 0 Å². The lowest BCUT2D eigenvalue weighted by atomic mass is 9.97. The second-order valence-electron chi connectivity index (χ2n) is 5.90. The van der Waals surface area contributed by atoms with Gasteiger partial charge in [-0.15, -0.1) is 0 Å². The van der Waals surface area contributed by atoms with Gasteiger partial charge in [0.05, 0.1) is 16.7 Å². The van der Waals surface area contributed by atoms with Crippen LogP contribution < -0.4 is 4.90 Å². The van der Waals surface area contributed by atoms with Gasteiger partial charge in [0, 0.05) is 30.7 Å². The van der Waals surface area contributed by atoms with E-state index < -0.39 is 0 Å². The van der Waals surface area contributed by atoms with Crippen LogP contribution in [0.25, 0.3) is 0 Å². The van der Waals surface area contributed by atoms with E-state index in [0.29, 0.717) is 23.8 Å². The number of anilines is 1. The van der Waals surface area contributed by atoms with Crippen LogP contribution in [0.1, 0.15) is 37.4 Å². The highest BCUT2D eigenvalue weighted by atomic mass is 79.9. The average Bonchev–Trinajstić information content (AvgIpc) is 3.08. The molecule has 0 spiro atoms. The fraction of sp³-hybridized carbons (Fsp3) is 0.467. The van der Waals surface area contributed by atoms with Crippen LogP contribution in [-0.2, 0) is 0 Å². The number of aromatic nitrogens is 4. The maximum atomic E-state index is 9.28. The van der Waals surface area contributed by atoms with E-state index in [4.69, 9.17) is 0 Å². The quantitative estimate of drug-likeness (QED) is 0.825. The first-order valence-electron chi connectivity index (χ1n) is 7.45. The van der Waals surface area contributed by atoms with Crippen LogP contribution in [0.4, 0.5) is 5.82 Å². The summed E-state index contributed by atoms with van der Waals surface area (Å²) in [4.78, 5) is 10.9. The summed E-state index contributed by atoms with van der Waals surface area (Å²) in [5, 5.41) is 13.7. The van der Waals surface area contributed by atoms with Crippen LogP contribution in [0.2, 0.25) is 0 Å². The Bertz CT molecular complexity index is 722. The third-order valence-corrected chi connectivity index (χ3v) is 5.09. The minimum Gasteiger partial charge on any atom is -0.348 e. The first-order chi connectivity index (χ1) is 10.8. The van der Waals surface area contributed by atoms with Crippen molar-refractivity contribution >= 4 is 21.7 Å². The molecule has 112 valence electrons. The normalized spacial score (nSPS) is 26.9. The second kappa shape index (κ2) is 5.36. The molecule has 2 unspecified atom stereocenters. The SMILES string of the molecule is N#Cc1nccnc1N1C2CCC1CC(n1cc(Br)cn1)C2. The summed E-state index contributed by atoms with van der Waals surface area (Å²) in [6.45, 7) is 0. The zero-order valence-corrected chi connectivity index (χ0v) is 13.5. The van der Waals surface area contributed by atoms with Crippen molar-refractivity contribution in [2.75, 3.05) is 4.90 Å². The summed E-state index contributed by atoms with van der Waals surface area (Å²) in [6.07, 6.45) is 11.5. The Labute approximate surface area is 136 Å². The van der Waals surface area contributed by atoms with E-state index in [9.17, 15) is 5.26 Å². The van der Waals surface area contributed by atoms with E-state index >= 15 is 0 Å². The Hall–Kier alpha value is -1.94. The molecular weight excluding hydrogens is 344 g/mol. The monoisotopic (exact) mass is 358 g/mol. The molecule has 2 aromatic heterocycles.